The van der Waals surface area contributed by atoms with E-state index in [0.29, 0.717) is 12.2 Å². The van der Waals surface area contributed by atoms with Crippen molar-refractivity contribution in [2.24, 2.45) is 0 Å². The second-order valence-electron chi connectivity index (χ2n) is 4.15. The maximum atomic E-state index is 10.8. The lowest BCUT2D eigenvalue weighted by atomic mass is 9.98. The van der Waals surface area contributed by atoms with Crippen LogP contribution in [-0.4, -0.2) is 12.9 Å². The smallest absolute Gasteiger partial charge is 0.150 e. The van der Waals surface area contributed by atoms with Crippen LogP contribution >= 0.6 is 0 Å². The van der Waals surface area contributed by atoms with Gasteiger partial charge in [-0.05, 0) is 48.7 Å². The number of rotatable bonds is 4. The first-order chi connectivity index (χ1) is 8.74. The number of benzene rings is 2. The molecule has 0 heterocycles. The molecule has 0 aliphatic heterocycles. The second kappa shape index (κ2) is 5.50. The van der Waals surface area contributed by atoms with E-state index < -0.39 is 0 Å². The van der Waals surface area contributed by atoms with Gasteiger partial charge < -0.3 is 4.74 Å². The Balaban J connectivity index is 2.47. The molecule has 0 saturated carbocycles. The molecule has 0 saturated heterocycles. The van der Waals surface area contributed by atoms with Crippen LogP contribution in [0.3, 0.4) is 0 Å². The Morgan fingerprint density at radius 1 is 1.17 bits per heavy atom. The van der Waals surface area contributed by atoms with Crippen LogP contribution in [-0.2, 0) is 0 Å². The topological polar surface area (TPSA) is 26.3 Å². The molecule has 2 nitrogen and oxygen atoms in total. The van der Waals surface area contributed by atoms with E-state index in [-0.39, 0.29) is 0 Å². The average Bonchev–Trinajstić information content (AvgIpc) is 2.40. The summed E-state index contributed by atoms with van der Waals surface area (Å²) in [5, 5.41) is 0. The molecule has 2 aromatic carbocycles. The van der Waals surface area contributed by atoms with Crippen molar-refractivity contribution in [1.29, 1.82) is 0 Å². The fourth-order valence-electron chi connectivity index (χ4n) is 1.94. The highest BCUT2D eigenvalue weighted by Crippen LogP contribution is 2.27. The summed E-state index contributed by atoms with van der Waals surface area (Å²) in [6.07, 6.45) is 0.870. The number of aryl methyl sites for hydroxylation is 1. The third-order valence-corrected chi connectivity index (χ3v) is 2.85. The molecule has 0 N–H and O–H groups in total. The van der Waals surface area contributed by atoms with E-state index in [0.717, 1.165) is 28.7 Å². The molecule has 18 heavy (non-hydrogen) atoms. The van der Waals surface area contributed by atoms with Crippen molar-refractivity contribution in [3.05, 3.63) is 53.6 Å². The number of carbonyl (C=O) groups excluding carboxylic acids is 1. The van der Waals surface area contributed by atoms with Gasteiger partial charge in [-0.2, -0.15) is 0 Å². The van der Waals surface area contributed by atoms with Crippen LogP contribution in [0.25, 0.3) is 11.1 Å². The summed E-state index contributed by atoms with van der Waals surface area (Å²) >= 11 is 0. The van der Waals surface area contributed by atoms with E-state index in [4.69, 9.17) is 4.74 Å². The highest BCUT2D eigenvalue weighted by molar-refractivity contribution is 5.80. The van der Waals surface area contributed by atoms with Gasteiger partial charge in [-0.3, -0.25) is 4.79 Å². The lowest BCUT2D eigenvalue weighted by molar-refractivity contribution is 0.112. The SMILES string of the molecule is CCOc1cccc(-c2cc(C=O)ccc2C)c1. The number of hydrogen-bond acceptors (Lipinski definition) is 2. The minimum atomic E-state index is 0.650. The van der Waals surface area contributed by atoms with Crippen molar-refractivity contribution in [2.75, 3.05) is 6.61 Å². The van der Waals surface area contributed by atoms with Crippen molar-refractivity contribution in [3.63, 3.8) is 0 Å². The van der Waals surface area contributed by atoms with Gasteiger partial charge in [-0.25, -0.2) is 0 Å². The van der Waals surface area contributed by atoms with E-state index in [2.05, 4.69) is 0 Å². The Hall–Kier alpha value is -2.09. The monoisotopic (exact) mass is 240 g/mol. The first-order valence-electron chi connectivity index (χ1n) is 6.03. The van der Waals surface area contributed by atoms with Crippen molar-refractivity contribution < 1.29 is 9.53 Å². The summed E-state index contributed by atoms with van der Waals surface area (Å²) < 4.78 is 5.49. The summed E-state index contributed by atoms with van der Waals surface area (Å²) in [5.74, 6) is 0.853. The van der Waals surface area contributed by atoms with Gasteiger partial charge in [0.15, 0.2) is 0 Å². The summed E-state index contributed by atoms with van der Waals surface area (Å²) in [4.78, 5) is 10.8. The fraction of sp³-hybridized carbons (Fsp3) is 0.188. The second-order valence-corrected chi connectivity index (χ2v) is 4.15. The zero-order chi connectivity index (χ0) is 13.0. The summed E-state index contributed by atoms with van der Waals surface area (Å²) in [7, 11) is 0. The van der Waals surface area contributed by atoms with Crippen molar-refractivity contribution in [2.45, 2.75) is 13.8 Å². The first-order valence-corrected chi connectivity index (χ1v) is 6.03. The van der Waals surface area contributed by atoms with Crippen molar-refractivity contribution in [1.82, 2.24) is 0 Å². The van der Waals surface area contributed by atoms with E-state index in [1.54, 1.807) is 0 Å². The van der Waals surface area contributed by atoms with Crippen molar-refractivity contribution >= 4 is 6.29 Å². The first kappa shape index (κ1) is 12.4. The lowest BCUT2D eigenvalue weighted by Crippen LogP contribution is -1.92. The molecule has 0 aliphatic rings. The van der Waals surface area contributed by atoms with Gasteiger partial charge in [0.05, 0.1) is 6.61 Å². The van der Waals surface area contributed by atoms with Gasteiger partial charge in [0, 0.05) is 5.56 Å². The molecule has 0 atom stereocenters. The number of ether oxygens (including phenoxy) is 1. The minimum Gasteiger partial charge on any atom is -0.494 e. The van der Waals surface area contributed by atoms with Crippen molar-refractivity contribution in [3.8, 4) is 16.9 Å². The Kier molecular flexibility index (Phi) is 3.78. The van der Waals surface area contributed by atoms with Gasteiger partial charge in [-0.15, -0.1) is 0 Å². The van der Waals surface area contributed by atoms with E-state index in [9.17, 15) is 4.79 Å². The predicted molar refractivity (Wildman–Crippen MR) is 73.2 cm³/mol. The lowest BCUT2D eigenvalue weighted by Gasteiger charge is -2.09. The molecule has 2 heteroatoms. The molecule has 2 aromatic rings. The molecular formula is C16H16O2. The predicted octanol–water partition coefficient (Wildman–Crippen LogP) is 3.87. The van der Waals surface area contributed by atoms with Crippen LogP contribution in [0.2, 0.25) is 0 Å². The van der Waals surface area contributed by atoms with Gasteiger partial charge in [0.1, 0.15) is 12.0 Å². The summed E-state index contributed by atoms with van der Waals surface area (Å²) in [6.45, 7) is 4.65. The highest BCUT2D eigenvalue weighted by atomic mass is 16.5. The Morgan fingerprint density at radius 2 is 2.00 bits per heavy atom. The average molecular weight is 240 g/mol. The highest BCUT2D eigenvalue weighted by Gasteiger charge is 2.04. The normalized spacial score (nSPS) is 10.1. The van der Waals surface area contributed by atoms with Crippen LogP contribution in [0.1, 0.15) is 22.8 Å². The van der Waals surface area contributed by atoms with E-state index >= 15 is 0 Å². The molecule has 0 radical (unpaired) electrons. The summed E-state index contributed by atoms with van der Waals surface area (Å²) in [5.41, 5.74) is 3.98. The molecule has 0 bridgehead atoms. The molecule has 0 aliphatic carbocycles. The molecule has 0 spiro atoms. The van der Waals surface area contributed by atoms with Gasteiger partial charge >= 0.3 is 0 Å². The van der Waals surface area contributed by atoms with Crippen LogP contribution in [0.4, 0.5) is 0 Å². The summed E-state index contributed by atoms with van der Waals surface area (Å²) in [6, 6.07) is 13.6. The van der Waals surface area contributed by atoms with Crippen LogP contribution < -0.4 is 4.74 Å². The Labute approximate surface area is 107 Å². The van der Waals surface area contributed by atoms with E-state index in [1.807, 2.05) is 56.3 Å². The van der Waals surface area contributed by atoms with E-state index in [1.165, 1.54) is 0 Å². The quantitative estimate of drug-likeness (QED) is 0.758. The molecular weight excluding hydrogens is 224 g/mol. The zero-order valence-electron chi connectivity index (χ0n) is 10.6. The van der Waals surface area contributed by atoms with Crippen LogP contribution in [0.5, 0.6) is 5.75 Å². The van der Waals surface area contributed by atoms with Gasteiger partial charge in [0.25, 0.3) is 0 Å². The third-order valence-electron chi connectivity index (χ3n) is 2.85. The van der Waals surface area contributed by atoms with Crippen LogP contribution in [0, 0.1) is 6.92 Å². The van der Waals surface area contributed by atoms with Crippen LogP contribution in [0.15, 0.2) is 42.5 Å². The molecule has 0 amide bonds. The number of carbonyl (C=O) groups is 1. The molecule has 2 rings (SSSR count). The third kappa shape index (κ3) is 2.59. The fourth-order valence-corrected chi connectivity index (χ4v) is 1.94. The maximum Gasteiger partial charge on any atom is 0.150 e. The largest absolute Gasteiger partial charge is 0.494 e. The molecule has 0 aromatic heterocycles. The van der Waals surface area contributed by atoms with Gasteiger partial charge in [0.2, 0.25) is 0 Å². The Bertz CT molecular complexity index is 559. The number of aldehydes is 1. The number of hydrogen-bond donors (Lipinski definition) is 0. The van der Waals surface area contributed by atoms with Gasteiger partial charge in [-0.1, -0.05) is 24.3 Å². The molecule has 92 valence electrons. The maximum absolute atomic E-state index is 10.8. The molecule has 0 unspecified atom stereocenters. The Morgan fingerprint density at radius 3 is 2.72 bits per heavy atom. The minimum absolute atomic E-state index is 0.650. The zero-order valence-corrected chi connectivity index (χ0v) is 10.6. The standard InChI is InChI=1S/C16H16O2/c1-3-18-15-6-4-5-14(10-15)16-9-13(11-17)8-7-12(16)2/h4-11H,3H2,1-2H3. The molecule has 0 fully saturated rings.